The van der Waals surface area contributed by atoms with Crippen LogP contribution in [-0.2, 0) is 0 Å². The van der Waals surface area contributed by atoms with Gasteiger partial charge >= 0.3 is 0 Å². The number of hydrogen-bond donors (Lipinski definition) is 17. The number of rotatable bonds is 23. The van der Waals surface area contributed by atoms with Crippen molar-refractivity contribution in [1.82, 2.24) is 16.0 Å². The van der Waals surface area contributed by atoms with Gasteiger partial charge in [-0.3, -0.25) is 14.4 Å². The highest BCUT2D eigenvalue weighted by Crippen LogP contribution is 2.33. The van der Waals surface area contributed by atoms with E-state index in [9.17, 15) is 75.7 Å². The Kier molecular flexibility index (Phi) is 20.0. The van der Waals surface area contributed by atoms with Crippen molar-refractivity contribution >= 4 is 41.6 Å². The summed E-state index contributed by atoms with van der Waals surface area (Å²) < 4.78 is 0. The van der Waals surface area contributed by atoms with Gasteiger partial charge in [-0.05, 0) is 67.2 Å². The second kappa shape index (κ2) is 23.8. The van der Waals surface area contributed by atoms with Crippen LogP contribution in [0.2, 0.25) is 0 Å². The van der Waals surface area contributed by atoms with Crippen LogP contribution in [0.3, 0.4) is 0 Å². The molecule has 60 heavy (non-hydrogen) atoms. The van der Waals surface area contributed by atoms with Crippen molar-refractivity contribution < 1.29 is 85.9 Å². The molecule has 0 aliphatic heterocycles. The number of amides is 3. The zero-order valence-corrected chi connectivity index (χ0v) is 33.2. The zero-order valence-electron chi connectivity index (χ0n) is 32.3. The number of carbonyl (C=O) groups excluding carboxylic acids is 3. The number of aliphatic hydroxyl groups excluding tert-OH is 14. The van der Waals surface area contributed by atoms with Crippen molar-refractivity contribution in [2.45, 2.75) is 80.2 Å². The van der Waals surface area contributed by atoms with Crippen LogP contribution in [0.1, 0.15) is 38.0 Å². The van der Waals surface area contributed by atoms with E-state index in [4.69, 9.17) is 10.2 Å². The topological polar surface area (TPSA) is 371 Å². The zero-order chi connectivity index (χ0) is 44.8. The number of carbonyl (C=O) groups is 3. The Bertz CT molecular complexity index is 1700. The average molecular weight is 868 g/mol. The molecule has 12 unspecified atom stereocenters. The molecule has 20 nitrogen and oxygen atoms in total. The predicted octanol–water partition coefficient (Wildman–Crippen LogP) is -7.03. The fourth-order valence-electron chi connectivity index (χ4n) is 5.63. The van der Waals surface area contributed by atoms with Crippen LogP contribution >= 0.6 is 7.92 Å². The quantitative estimate of drug-likeness (QED) is 0.0394. The van der Waals surface area contributed by atoms with Crippen LogP contribution in [0.5, 0.6) is 0 Å². The normalized spacial score (nSPS) is 18.2. The van der Waals surface area contributed by atoms with E-state index in [0.717, 1.165) is 0 Å². The molecule has 3 rings (SSSR count). The molecule has 3 aromatic rings. The number of benzene rings is 3. The van der Waals surface area contributed by atoms with E-state index in [1.165, 1.54) is 43.3 Å². The summed E-state index contributed by atoms with van der Waals surface area (Å²) in [6.07, 6.45) is -20.7. The van der Waals surface area contributed by atoms with Gasteiger partial charge in [0, 0.05) is 36.3 Å². The molecule has 0 saturated carbocycles. The monoisotopic (exact) mass is 867 g/mol. The molecule has 3 amide bonds. The third kappa shape index (κ3) is 13.7. The molecule has 21 heteroatoms. The second-order valence-corrected chi connectivity index (χ2v) is 16.2. The van der Waals surface area contributed by atoms with Crippen LogP contribution < -0.4 is 31.9 Å². The maximum atomic E-state index is 12.9. The molecule has 0 aliphatic rings. The fourth-order valence-corrected chi connectivity index (χ4v) is 7.87. The Balaban J connectivity index is 1.84. The van der Waals surface area contributed by atoms with Crippen molar-refractivity contribution in [2.24, 2.45) is 0 Å². The minimum Gasteiger partial charge on any atom is -0.394 e. The third-order valence-corrected chi connectivity index (χ3v) is 11.9. The van der Waals surface area contributed by atoms with Crippen LogP contribution in [0.4, 0.5) is 0 Å². The van der Waals surface area contributed by atoms with Crippen molar-refractivity contribution in [3.63, 3.8) is 0 Å². The maximum Gasteiger partial charge on any atom is 0.251 e. The summed E-state index contributed by atoms with van der Waals surface area (Å²) in [5, 5.41) is 146. The first-order valence-corrected chi connectivity index (χ1v) is 20.0. The lowest BCUT2D eigenvalue weighted by atomic mass is 10.0. The molecule has 12 atom stereocenters. The van der Waals surface area contributed by atoms with Crippen LogP contribution in [0.15, 0.2) is 72.8 Å². The molecule has 0 radical (unpaired) electrons. The number of aliphatic hydroxyl groups is 14. The van der Waals surface area contributed by atoms with E-state index in [1.54, 1.807) is 36.4 Å². The molecule has 0 aliphatic carbocycles. The largest absolute Gasteiger partial charge is 0.394 e. The Morgan fingerprint density at radius 1 is 0.417 bits per heavy atom. The second-order valence-electron chi connectivity index (χ2n) is 14.0. The van der Waals surface area contributed by atoms with Gasteiger partial charge < -0.3 is 87.4 Å². The summed E-state index contributed by atoms with van der Waals surface area (Å²) in [7, 11) is -1.48. The van der Waals surface area contributed by atoms with E-state index in [-0.39, 0.29) is 16.7 Å². The molecule has 0 fully saturated rings. The SMILES string of the molecule is CC(O)C(O)C(O)C(O)CNC(=O)c1ccc(P(c2ccc(C(=O)NCC(O)C(O)C(O)C(O)CO)cc2)c2ccc(C(=O)NCC(O)C(O)C(O)C(O)CO)cc2)cc1. The van der Waals surface area contributed by atoms with Crippen molar-refractivity contribution in [1.29, 1.82) is 0 Å². The maximum absolute atomic E-state index is 12.9. The molecule has 3 aromatic carbocycles. The van der Waals surface area contributed by atoms with Crippen LogP contribution in [0.25, 0.3) is 0 Å². The molecule has 0 saturated heterocycles. The summed E-state index contributed by atoms with van der Waals surface area (Å²) in [6.45, 7) is -1.99. The van der Waals surface area contributed by atoms with Gasteiger partial charge in [0.2, 0.25) is 0 Å². The average Bonchev–Trinajstić information content (AvgIpc) is 3.27. The molecular formula is C39H54N3O17P. The van der Waals surface area contributed by atoms with Gasteiger partial charge in [0.05, 0.1) is 37.6 Å². The summed E-state index contributed by atoms with van der Waals surface area (Å²) in [5.41, 5.74) is 0.454. The molecule has 0 heterocycles. The first-order valence-electron chi connectivity index (χ1n) is 18.7. The predicted molar refractivity (Wildman–Crippen MR) is 214 cm³/mol. The van der Waals surface area contributed by atoms with Gasteiger partial charge in [-0.1, -0.05) is 36.4 Å². The Morgan fingerprint density at radius 3 is 0.883 bits per heavy atom. The minimum atomic E-state index is -1.88. The van der Waals surface area contributed by atoms with E-state index in [1.807, 2.05) is 0 Å². The Labute approximate surface area is 345 Å². The molecule has 0 spiro atoms. The number of nitrogens with one attached hydrogen (secondary N) is 3. The first kappa shape index (κ1) is 50.3. The van der Waals surface area contributed by atoms with Crippen molar-refractivity contribution in [2.75, 3.05) is 32.8 Å². The Hall–Kier alpha value is -4.06. The lowest BCUT2D eigenvalue weighted by Gasteiger charge is -2.25. The standard InChI is InChI=1S/C39H54N3O17P/c1-19(45)31(51)32(52)26(46)14-40-37(57)20-2-8-23(9-3-20)60(24-10-4-21(5-11-24)38(58)41-15-27(47)33(53)35(55)29(49)17-43)25-12-6-22(7-13-25)39(59)42-16-28(48)34(54)36(56)30(50)18-44/h2-13,19,26-36,43-56H,14-18H2,1H3,(H,40,57)(H,41,58)(H,42,59). The van der Waals surface area contributed by atoms with Crippen LogP contribution in [0, 0.1) is 0 Å². The summed E-state index contributed by atoms with van der Waals surface area (Å²) in [5.74, 6) is -1.94. The van der Waals surface area contributed by atoms with Crippen molar-refractivity contribution in [3.05, 3.63) is 89.5 Å². The first-order chi connectivity index (χ1) is 28.3. The van der Waals surface area contributed by atoms with E-state index < -0.39 is 132 Å². The smallest absolute Gasteiger partial charge is 0.251 e. The highest BCUT2D eigenvalue weighted by molar-refractivity contribution is 7.79. The highest BCUT2D eigenvalue weighted by atomic mass is 31.1. The highest BCUT2D eigenvalue weighted by Gasteiger charge is 2.32. The van der Waals surface area contributed by atoms with Gasteiger partial charge in [0.15, 0.2) is 0 Å². The van der Waals surface area contributed by atoms with Gasteiger partial charge in [0.25, 0.3) is 17.7 Å². The van der Waals surface area contributed by atoms with Crippen molar-refractivity contribution in [3.8, 4) is 0 Å². The third-order valence-electron chi connectivity index (χ3n) is 9.47. The molecule has 0 bridgehead atoms. The van der Waals surface area contributed by atoms with Gasteiger partial charge in [-0.15, -0.1) is 0 Å². The lowest BCUT2D eigenvalue weighted by molar-refractivity contribution is -0.113. The van der Waals surface area contributed by atoms with Gasteiger partial charge in [-0.2, -0.15) is 0 Å². The van der Waals surface area contributed by atoms with E-state index >= 15 is 0 Å². The van der Waals surface area contributed by atoms with Crippen LogP contribution in [-0.4, -0.2) is 195 Å². The Morgan fingerprint density at radius 2 is 0.650 bits per heavy atom. The summed E-state index contributed by atoms with van der Waals surface area (Å²) in [6, 6.07) is 18.9. The summed E-state index contributed by atoms with van der Waals surface area (Å²) in [4.78, 5) is 38.7. The molecule has 0 aromatic heterocycles. The number of hydrogen-bond acceptors (Lipinski definition) is 17. The fraction of sp³-hybridized carbons (Fsp3) is 0.462. The van der Waals surface area contributed by atoms with E-state index in [2.05, 4.69) is 16.0 Å². The van der Waals surface area contributed by atoms with E-state index in [0.29, 0.717) is 15.9 Å². The molecular weight excluding hydrogens is 813 g/mol. The molecule has 17 N–H and O–H groups in total. The minimum absolute atomic E-state index is 0.143. The molecule has 332 valence electrons. The lowest BCUT2D eigenvalue weighted by Crippen LogP contribution is -2.49. The summed E-state index contributed by atoms with van der Waals surface area (Å²) >= 11 is 0. The van der Waals surface area contributed by atoms with Gasteiger partial charge in [0.1, 0.15) is 48.8 Å². The van der Waals surface area contributed by atoms with Gasteiger partial charge in [-0.25, -0.2) is 0 Å².